The van der Waals surface area contributed by atoms with E-state index in [1.165, 1.54) is 32.1 Å². The Labute approximate surface area is 139 Å². The zero-order valence-corrected chi connectivity index (χ0v) is 14.8. The molecule has 3 rings (SSSR count). The van der Waals surface area contributed by atoms with Crippen molar-refractivity contribution in [3.63, 3.8) is 0 Å². The van der Waals surface area contributed by atoms with Crippen LogP contribution in [0.4, 0.5) is 0 Å². The topological polar surface area (TPSA) is 56.1 Å². The molecule has 0 bridgehead atoms. The van der Waals surface area contributed by atoms with Crippen molar-refractivity contribution in [1.82, 2.24) is 25.1 Å². The maximum atomic E-state index is 5.77. The molecule has 2 aliphatic rings. The van der Waals surface area contributed by atoms with Crippen LogP contribution in [0.1, 0.15) is 70.7 Å². The van der Waals surface area contributed by atoms with E-state index >= 15 is 0 Å². The van der Waals surface area contributed by atoms with Gasteiger partial charge < -0.3 is 4.74 Å². The van der Waals surface area contributed by atoms with Crippen LogP contribution in [0.15, 0.2) is 0 Å². The summed E-state index contributed by atoms with van der Waals surface area (Å²) in [5, 5.41) is 12.6. The quantitative estimate of drug-likeness (QED) is 0.806. The van der Waals surface area contributed by atoms with Crippen LogP contribution in [-0.2, 0) is 11.3 Å². The lowest BCUT2D eigenvalue weighted by atomic mass is 9.91. The summed E-state index contributed by atoms with van der Waals surface area (Å²) >= 11 is 0. The molecule has 6 nitrogen and oxygen atoms in total. The molecule has 1 aliphatic carbocycles. The minimum absolute atomic E-state index is 0.269. The minimum Gasteiger partial charge on any atom is -0.376 e. The second-order valence-corrected chi connectivity index (χ2v) is 7.50. The number of tetrazole rings is 1. The number of aromatic nitrogens is 4. The van der Waals surface area contributed by atoms with Crippen LogP contribution in [-0.4, -0.2) is 50.9 Å². The average molecular weight is 321 g/mol. The lowest BCUT2D eigenvalue weighted by Crippen LogP contribution is -2.40. The third-order valence-corrected chi connectivity index (χ3v) is 5.45. The summed E-state index contributed by atoms with van der Waals surface area (Å²) in [5.74, 6) is 1.49. The van der Waals surface area contributed by atoms with Gasteiger partial charge in [0.15, 0.2) is 5.82 Å². The minimum atomic E-state index is 0.269. The van der Waals surface area contributed by atoms with Crippen molar-refractivity contribution in [1.29, 1.82) is 0 Å². The van der Waals surface area contributed by atoms with Gasteiger partial charge in [0.2, 0.25) is 0 Å². The van der Waals surface area contributed by atoms with E-state index in [1.807, 2.05) is 4.68 Å². The first-order chi connectivity index (χ1) is 11.2. The summed E-state index contributed by atoms with van der Waals surface area (Å²) in [4.78, 5) is 2.53. The summed E-state index contributed by atoms with van der Waals surface area (Å²) in [6.07, 6.45) is 9.21. The molecular formula is C17H31N5O. The molecule has 0 aromatic carbocycles. The van der Waals surface area contributed by atoms with E-state index in [2.05, 4.69) is 41.3 Å². The summed E-state index contributed by atoms with van der Waals surface area (Å²) in [6.45, 7) is 6.20. The Morgan fingerprint density at radius 2 is 1.96 bits per heavy atom. The Balaban J connectivity index is 1.76. The van der Waals surface area contributed by atoms with Gasteiger partial charge in [-0.15, -0.1) is 5.10 Å². The zero-order valence-electron chi connectivity index (χ0n) is 14.8. The van der Waals surface area contributed by atoms with Gasteiger partial charge in [-0.1, -0.05) is 33.1 Å². The molecule has 6 heteroatoms. The lowest BCUT2D eigenvalue weighted by Gasteiger charge is -2.38. The van der Waals surface area contributed by atoms with Crippen LogP contribution in [0.5, 0.6) is 0 Å². The Morgan fingerprint density at radius 3 is 2.61 bits per heavy atom. The molecular weight excluding hydrogens is 290 g/mol. The van der Waals surface area contributed by atoms with E-state index in [9.17, 15) is 0 Å². The zero-order chi connectivity index (χ0) is 16.2. The van der Waals surface area contributed by atoms with E-state index < -0.39 is 0 Å². The molecule has 2 unspecified atom stereocenters. The van der Waals surface area contributed by atoms with Crippen LogP contribution in [0.2, 0.25) is 0 Å². The Hall–Kier alpha value is -1.01. The molecule has 1 aromatic heterocycles. The second-order valence-electron chi connectivity index (χ2n) is 7.50. The lowest BCUT2D eigenvalue weighted by molar-refractivity contribution is 0.0796. The van der Waals surface area contributed by atoms with Crippen molar-refractivity contribution in [3.05, 3.63) is 5.82 Å². The third kappa shape index (κ3) is 3.91. The molecule has 2 atom stereocenters. The highest BCUT2D eigenvalue weighted by molar-refractivity contribution is 4.97. The second kappa shape index (κ2) is 7.71. The van der Waals surface area contributed by atoms with E-state index in [0.29, 0.717) is 12.0 Å². The monoisotopic (exact) mass is 321 g/mol. The van der Waals surface area contributed by atoms with Gasteiger partial charge in [-0.25, -0.2) is 4.68 Å². The van der Waals surface area contributed by atoms with Gasteiger partial charge in [-0.2, -0.15) is 0 Å². The number of ether oxygens (including phenoxy) is 1. The standard InChI is InChI=1S/C17H31N5O/c1-13(2)16(21(3)14-8-5-4-6-9-14)17-18-19-20-22(17)12-15-10-7-11-23-15/h13-16H,4-12H2,1-3H3. The maximum absolute atomic E-state index is 5.77. The smallest absolute Gasteiger partial charge is 0.168 e. The van der Waals surface area contributed by atoms with Gasteiger partial charge in [-0.3, -0.25) is 4.90 Å². The van der Waals surface area contributed by atoms with E-state index in [1.54, 1.807) is 0 Å². The predicted octanol–water partition coefficient (Wildman–Crippen LogP) is 2.81. The number of hydrogen-bond donors (Lipinski definition) is 0. The van der Waals surface area contributed by atoms with Crippen LogP contribution >= 0.6 is 0 Å². The molecule has 0 N–H and O–H groups in total. The van der Waals surface area contributed by atoms with Crippen molar-refractivity contribution in [3.8, 4) is 0 Å². The highest BCUT2D eigenvalue weighted by atomic mass is 16.5. The molecule has 1 saturated heterocycles. The van der Waals surface area contributed by atoms with Crippen LogP contribution in [0, 0.1) is 5.92 Å². The van der Waals surface area contributed by atoms with E-state index in [4.69, 9.17) is 4.74 Å². The molecule has 2 heterocycles. The van der Waals surface area contributed by atoms with Crippen molar-refractivity contribution in [2.45, 2.75) is 83.5 Å². The first-order valence-electron chi connectivity index (χ1n) is 9.26. The first kappa shape index (κ1) is 16.8. The van der Waals surface area contributed by atoms with Crippen molar-refractivity contribution < 1.29 is 4.74 Å². The molecule has 130 valence electrons. The molecule has 1 aliphatic heterocycles. The Kier molecular flexibility index (Phi) is 5.64. The summed E-state index contributed by atoms with van der Waals surface area (Å²) in [6, 6.07) is 0.929. The summed E-state index contributed by atoms with van der Waals surface area (Å²) < 4.78 is 7.75. The third-order valence-electron chi connectivity index (χ3n) is 5.45. The van der Waals surface area contributed by atoms with E-state index in [-0.39, 0.29) is 12.1 Å². The fraction of sp³-hybridized carbons (Fsp3) is 0.941. The normalized spacial score (nSPS) is 24.7. The average Bonchev–Trinajstić information content (AvgIpc) is 3.21. The first-order valence-corrected chi connectivity index (χ1v) is 9.26. The van der Waals surface area contributed by atoms with Crippen LogP contribution in [0.3, 0.4) is 0 Å². The molecule has 0 amide bonds. The van der Waals surface area contributed by atoms with Crippen molar-refractivity contribution in [2.24, 2.45) is 5.92 Å². The highest BCUT2D eigenvalue weighted by Crippen LogP contribution is 2.32. The fourth-order valence-corrected chi connectivity index (χ4v) is 4.20. The molecule has 2 fully saturated rings. The van der Waals surface area contributed by atoms with Crippen LogP contribution < -0.4 is 0 Å². The summed E-state index contributed by atoms with van der Waals surface area (Å²) in [7, 11) is 2.26. The highest BCUT2D eigenvalue weighted by Gasteiger charge is 2.32. The number of nitrogens with zero attached hydrogens (tertiary/aromatic N) is 5. The van der Waals surface area contributed by atoms with Crippen LogP contribution in [0.25, 0.3) is 0 Å². The number of rotatable bonds is 6. The van der Waals surface area contributed by atoms with Gasteiger partial charge in [0, 0.05) is 12.6 Å². The van der Waals surface area contributed by atoms with Gasteiger partial charge in [0.1, 0.15) is 0 Å². The molecule has 0 spiro atoms. The fourth-order valence-electron chi connectivity index (χ4n) is 4.20. The molecule has 1 saturated carbocycles. The van der Waals surface area contributed by atoms with Crippen molar-refractivity contribution in [2.75, 3.05) is 13.7 Å². The SMILES string of the molecule is CC(C)C(c1nnnn1CC1CCCO1)N(C)C1CCCCC1. The van der Waals surface area contributed by atoms with Gasteiger partial charge in [0.25, 0.3) is 0 Å². The summed E-state index contributed by atoms with van der Waals surface area (Å²) in [5.41, 5.74) is 0. The van der Waals surface area contributed by atoms with Gasteiger partial charge in [-0.05, 0) is 49.1 Å². The van der Waals surface area contributed by atoms with Crippen molar-refractivity contribution >= 4 is 0 Å². The molecule has 0 radical (unpaired) electrons. The van der Waals surface area contributed by atoms with Gasteiger partial charge >= 0.3 is 0 Å². The predicted molar refractivity (Wildman–Crippen MR) is 89.0 cm³/mol. The maximum Gasteiger partial charge on any atom is 0.168 e. The molecule has 1 aromatic rings. The van der Waals surface area contributed by atoms with Gasteiger partial charge in [0.05, 0.1) is 18.7 Å². The molecule has 23 heavy (non-hydrogen) atoms. The largest absolute Gasteiger partial charge is 0.376 e. The number of hydrogen-bond acceptors (Lipinski definition) is 5. The van der Waals surface area contributed by atoms with E-state index in [0.717, 1.165) is 31.8 Å². The Bertz CT molecular complexity index is 477. The Morgan fingerprint density at radius 1 is 1.17 bits per heavy atom.